The average Bonchev–Trinajstić information content (AvgIpc) is 2.87. The van der Waals surface area contributed by atoms with Gasteiger partial charge >= 0.3 is 0 Å². The van der Waals surface area contributed by atoms with Gasteiger partial charge in [-0.25, -0.2) is 4.39 Å². The van der Waals surface area contributed by atoms with Gasteiger partial charge in [-0.05, 0) is 63.4 Å². The van der Waals surface area contributed by atoms with Gasteiger partial charge in [0.15, 0.2) is 0 Å². The largest absolute Gasteiger partial charge is 0.457 e. The fraction of sp³-hybridized carbons (Fsp3) is 0.250. The minimum absolute atomic E-state index is 0.242. The lowest BCUT2D eigenvalue weighted by molar-refractivity contribution is 0.569. The SMILES string of the molecule is CNC(C)/C(C)=C/c1ccc(-c2ccc(F)cc2)o1. The van der Waals surface area contributed by atoms with Gasteiger partial charge in [-0.3, -0.25) is 0 Å². The summed E-state index contributed by atoms with van der Waals surface area (Å²) in [5.74, 6) is 1.31. The average molecular weight is 259 g/mol. The summed E-state index contributed by atoms with van der Waals surface area (Å²) in [6.07, 6.45) is 2.01. The number of nitrogens with one attached hydrogen (secondary N) is 1. The van der Waals surface area contributed by atoms with Crippen molar-refractivity contribution in [1.82, 2.24) is 5.32 Å². The highest BCUT2D eigenvalue weighted by Gasteiger charge is 2.05. The first kappa shape index (κ1) is 13.6. The molecule has 0 bridgehead atoms. The van der Waals surface area contributed by atoms with E-state index in [9.17, 15) is 4.39 Å². The molecule has 2 aromatic rings. The molecule has 1 heterocycles. The van der Waals surface area contributed by atoms with Crippen molar-refractivity contribution < 1.29 is 8.81 Å². The van der Waals surface area contributed by atoms with E-state index in [2.05, 4.69) is 19.2 Å². The summed E-state index contributed by atoms with van der Waals surface area (Å²) in [5, 5.41) is 3.18. The van der Waals surface area contributed by atoms with E-state index < -0.39 is 0 Å². The summed E-state index contributed by atoms with van der Waals surface area (Å²) < 4.78 is 18.6. The zero-order valence-corrected chi connectivity index (χ0v) is 11.4. The number of benzene rings is 1. The van der Waals surface area contributed by atoms with E-state index in [1.165, 1.54) is 17.7 Å². The summed E-state index contributed by atoms with van der Waals surface area (Å²) in [4.78, 5) is 0. The van der Waals surface area contributed by atoms with Crippen LogP contribution < -0.4 is 5.32 Å². The molecule has 0 fully saturated rings. The first-order valence-corrected chi connectivity index (χ1v) is 6.31. The lowest BCUT2D eigenvalue weighted by Crippen LogP contribution is -2.21. The quantitative estimate of drug-likeness (QED) is 0.894. The smallest absolute Gasteiger partial charge is 0.134 e. The first-order chi connectivity index (χ1) is 9.10. The molecule has 0 aliphatic rings. The summed E-state index contributed by atoms with van der Waals surface area (Å²) in [7, 11) is 1.92. The number of likely N-dealkylation sites (N-methyl/N-ethyl adjacent to an activating group) is 1. The van der Waals surface area contributed by atoms with Gasteiger partial charge in [-0.2, -0.15) is 0 Å². The Bertz CT molecular complexity index is 569. The molecule has 0 spiro atoms. The predicted molar refractivity (Wildman–Crippen MR) is 76.3 cm³/mol. The van der Waals surface area contributed by atoms with Gasteiger partial charge in [-0.1, -0.05) is 5.57 Å². The molecule has 2 rings (SSSR count). The van der Waals surface area contributed by atoms with Crippen LogP contribution in [0.15, 0.2) is 46.4 Å². The Hall–Kier alpha value is -1.87. The van der Waals surface area contributed by atoms with Gasteiger partial charge in [0.1, 0.15) is 17.3 Å². The van der Waals surface area contributed by atoms with Crippen molar-refractivity contribution >= 4 is 6.08 Å². The van der Waals surface area contributed by atoms with E-state index in [1.807, 2.05) is 25.3 Å². The molecule has 0 radical (unpaired) electrons. The normalized spacial score (nSPS) is 13.6. The molecule has 2 nitrogen and oxygen atoms in total. The van der Waals surface area contributed by atoms with Crippen LogP contribution in [0.5, 0.6) is 0 Å². The molecule has 1 N–H and O–H groups in total. The van der Waals surface area contributed by atoms with E-state index >= 15 is 0 Å². The summed E-state index contributed by atoms with van der Waals surface area (Å²) in [6, 6.07) is 10.4. The topological polar surface area (TPSA) is 25.2 Å². The van der Waals surface area contributed by atoms with Gasteiger partial charge < -0.3 is 9.73 Å². The van der Waals surface area contributed by atoms with Crippen LogP contribution in [-0.4, -0.2) is 13.1 Å². The number of hydrogen-bond donors (Lipinski definition) is 1. The van der Waals surface area contributed by atoms with Crippen LogP contribution in [0.1, 0.15) is 19.6 Å². The highest BCUT2D eigenvalue weighted by Crippen LogP contribution is 2.23. The second-order valence-corrected chi connectivity index (χ2v) is 4.61. The van der Waals surface area contributed by atoms with Crippen molar-refractivity contribution in [3.05, 3.63) is 53.5 Å². The third-order valence-electron chi connectivity index (χ3n) is 3.24. The molecule has 1 aromatic carbocycles. The Morgan fingerprint density at radius 1 is 1.21 bits per heavy atom. The Morgan fingerprint density at radius 2 is 1.89 bits per heavy atom. The molecule has 100 valence electrons. The zero-order valence-electron chi connectivity index (χ0n) is 11.4. The van der Waals surface area contributed by atoms with Crippen LogP contribution >= 0.6 is 0 Å². The molecule has 0 saturated heterocycles. The highest BCUT2D eigenvalue weighted by atomic mass is 19.1. The van der Waals surface area contributed by atoms with Crippen molar-refractivity contribution in [3.8, 4) is 11.3 Å². The molecule has 1 atom stereocenters. The number of halogens is 1. The molecule has 19 heavy (non-hydrogen) atoms. The number of rotatable bonds is 4. The van der Waals surface area contributed by atoms with E-state index in [4.69, 9.17) is 4.42 Å². The van der Waals surface area contributed by atoms with Gasteiger partial charge in [0, 0.05) is 11.6 Å². The second-order valence-electron chi connectivity index (χ2n) is 4.61. The fourth-order valence-corrected chi connectivity index (χ4v) is 1.78. The fourth-order valence-electron chi connectivity index (χ4n) is 1.78. The summed E-state index contributed by atoms with van der Waals surface area (Å²) >= 11 is 0. The number of furan rings is 1. The van der Waals surface area contributed by atoms with E-state index in [1.54, 1.807) is 12.1 Å². The molecule has 0 amide bonds. The van der Waals surface area contributed by atoms with Crippen LogP contribution in [0.2, 0.25) is 0 Å². The maximum Gasteiger partial charge on any atom is 0.134 e. The van der Waals surface area contributed by atoms with E-state index in [0.717, 1.165) is 17.1 Å². The van der Waals surface area contributed by atoms with Crippen molar-refractivity contribution in [1.29, 1.82) is 0 Å². The minimum atomic E-state index is -0.242. The van der Waals surface area contributed by atoms with Crippen molar-refractivity contribution in [2.24, 2.45) is 0 Å². The van der Waals surface area contributed by atoms with Crippen molar-refractivity contribution in [2.75, 3.05) is 7.05 Å². The van der Waals surface area contributed by atoms with Crippen LogP contribution in [-0.2, 0) is 0 Å². The Labute approximate surface area is 112 Å². The minimum Gasteiger partial charge on any atom is -0.457 e. The monoisotopic (exact) mass is 259 g/mol. The third kappa shape index (κ3) is 3.32. The molecule has 0 aliphatic carbocycles. The zero-order chi connectivity index (χ0) is 13.8. The number of hydrogen-bond acceptors (Lipinski definition) is 2. The van der Waals surface area contributed by atoms with Gasteiger partial charge in [0.05, 0.1) is 0 Å². The van der Waals surface area contributed by atoms with Crippen LogP contribution in [0.25, 0.3) is 17.4 Å². The van der Waals surface area contributed by atoms with Crippen LogP contribution in [0, 0.1) is 5.82 Å². The maximum absolute atomic E-state index is 12.9. The first-order valence-electron chi connectivity index (χ1n) is 6.31. The molecule has 1 aromatic heterocycles. The molecule has 1 unspecified atom stereocenters. The Morgan fingerprint density at radius 3 is 2.53 bits per heavy atom. The van der Waals surface area contributed by atoms with E-state index in [0.29, 0.717) is 6.04 Å². The summed E-state index contributed by atoms with van der Waals surface area (Å²) in [6.45, 7) is 4.15. The molecular formula is C16H18FNO. The van der Waals surface area contributed by atoms with Crippen LogP contribution in [0.3, 0.4) is 0 Å². The highest BCUT2D eigenvalue weighted by molar-refractivity contribution is 5.60. The third-order valence-corrected chi connectivity index (χ3v) is 3.24. The molecule has 0 aliphatic heterocycles. The predicted octanol–water partition coefficient (Wildman–Crippen LogP) is 4.10. The maximum atomic E-state index is 12.9. The van der Waals surface area contributed by atoms with Gasteiger partial charge in [-0.15, -0.1) is 0 Å². The van der Waals surface area contributed by atoms with Crippen LogP contribution in [0.4, 0.5) is 4.39 Å². The standard InChI is InChI=1S/C16H18FNO/c1-11(12(2)18-3)10-15-8-9-16(19-15)13-4-6-14(17)7-5-13/h4-10,12,18H,1-3H3/b11-10+. The lowest BCUT2D eigenvalue weighted by Gasteiger charge is -2.09. The molecular weight excluding hydrogens is 241 g/mol. The Balaban J connectivity index is 2.22. The van der Waals surface area contributed by atoms with Crippen molar-refractivity contribution in [3.63, 3.8) is 0 Å². The van der Waals surface area contributed by atoms with Gasteiger partial charge in [0.2, 0.25) is 0 Å². The molecule has 0 saturated carbocycles. The summed E-state index contributed by atoms with van der Waals surface area (Å²) in [5.41, 5.74) is 2.07. The molecule has 3 heteroatoms. The van der Waals surface area contributed by atoms with Crippen molar-refractivity contribution in [2.45, 2.75) is 19.9 Å². The lowest BCUT2D eigenvalue weighted by atomic mass is 10.1. The second kappa shape index (κ2) is 5.85. The Kier molecular flexibility index (Phi) is 4.17. The van der Waals surface area contributed by atoms with E-state index in [-0.39, 0.29) is 5.82 Å². The van der Waals surface area contributed by atoms with Gasteiger partial charge in [0.25, 0.3) is 0 Å².